The Labute approximate surface area is 123 Å². The fourth-order valence-corrected chi connectivity index (χ4v) is 2.29. The van der Waals surface area contributed by atoms with Gasteiger partial charge in [-0.1, -0.05) is 37.5 Å². The van der Waals surface area contributed by atoms with Crippen LogP contribution in [-0.2, 0) is 0 Å². The predicted octanol–water partition coefficient (Wildman–Crippen LogP) is 3.80. The lowest BCUT2D eigenvalue weighted by Gasteiger charge is -2.38. The Morgan fingerprint density at radius 3 is 1.00 bits per heavy atom. The molecule has 0 rings (SSSR count). The summed E-state index contributed by atoms with van der Waals surface area (Å²) in [6.07, 6.45) is 9.49. The van der Waals surface area contributed by atoms with E-state index >= 15 is 0 Å². The Morgan fingerprint density at radius 2 is 0.850 bits per heavy atom. The Balaban J connectivity index is 5.45. The second-order valence-electron chi connectivity index (χ2n) is 5.24. The van der Waals surface area contributed by atoms with Crippen LogP contribution in [0.15, 0.2) is 74.9 Å². The third-order valence-electron chi connectivity index (χ3n) is 3.60. The lowest BCUT2D eigenvalue weighted by molar-refractivity contribution is 0.465. The fourth-order valence-electron chi connectivity index (χ4n) is 2.29. The molecule has 0 aliphatic heterocycles. The zero-order valence-corrected chi connectivity index (χ0v) is 12.5. The van der Waals surface area contributed by atoms with Gasteiger partial charge in [0.25, 0.3) is 0 Å². The quantitative estimate of drug-likeness (QED) is 0.444. The van der Waals surface area contributed by atoms with Crippen molar-refractivity contribution in [2.24, 2.45) is 11.5 Å². The molecule has 0 atom stereocenters. The molecule has 0 saturated carbocycles. The number of rotatable bonds is 11. The standard InChI is InChI=1S/C18H28N2/c1-7-11-17(19,12-8-2)15(5)16(6)18(20,13-9-3)14-10-4/h7-10H,1-6,11-14,19-20H2. The summed E-state index contributed by atoms with van der Waals surface area (Å²) in [7, 11) is 0. The van der Waals surface area contributed by atoms with E-state index in [1.165, 1.54) is 0 Å². The molecule has 0 unspecified atom stereocenters. The van der Waals surface area contributed by atoms with E-state index < -0.39 is 11.1 Å². The smallest absolute Gasteiger partial charge is 0.0476 e. The number of hydrogen-bond acceptors (Lipinski definition) is 2. The number of nitrogens with two attached hydrogens (primary N) is 2. The van der Waals surface area contributed by atoms with Crippen molar-refractivity contribution in [3.63, 3.8) is 0 Å². The maximum atomic E-state index is 6.44. The van der Waals surface area contributed by atoms with E-state index in [0.29, 0.717) is 25.7 Å². The highest BCUT2D eigenvalue weighted by Crippen LogP contribution is 2.35. The summed E-state index contributed by atoms with van der Waals surface area (Å²) < 4.78 is 0. The van der Waals surface area contributed by atoms with Crippen LogP contribution in [0.1, 0.15) is 25.7 Å². The van der Waals surface area contributed by atoms with Crippen molar-refractivity contribution in [3.05, 3.63) is 74.9 Å². The second-order valence-corrected chi connectivity index (χ2v) is 5.24. The van der Waals surface area contributed by atoms with Gasteiger partial charge in [-0.3, -0.25) is 0 Å². The van der Waals surface area contributed by atoms with Gasteiger partial charge in [-0.2, -0.15) is 0 Å². The predicted molar refractivity (Wildman–Crippen MR) is 91.4 cm³/mol. The second kappa shape index (κ2) is 7.83. The lowest BCUT2D eigenvalue weighted by Crippen LogP contribution is -2.48. The monoisotopic (exact) mass is 272 g/mol. The maximum Gasteiger partial charge on any atom is 0.0476 e. The molecule has 110 valence electrons. The molecule has 0 bridgehead atoms. The largest absolute Gasteiger partial charge is 0.321 e. The molecule has 0 aliphatic carbocycles. The first-order valence-electron chi connectivity index (χ1n) is 6.71. The zero-order valence-electron chi connectivity index (χ0n) is 12.5. The molecule has 4 N–H and O–H groups in total. The van der Waals surface area contributed by atoms with Crippen LogP contribution in [0.5, 0.6) is 0 Å². The molecule has 0 heterocycles. The molecular formula is C18H28N2. The van der Waals surface area contributed by atoms with Gasteiger partial charge < -0.3 is 11.5 Å². The molecule has 0 saturated heterocycles. The van der Waals surface area contributed by atoms with Crippen molar-refractivity contribution in [2.75, 3.05) is 0 Å². The van der Waals surface area contributed by atoms with Gasteiger partial charge in [-0.25, -0.2) is 0 Å². The van der Waals surface area contributed by atoms with Crippen LogP contribution < -0.4 is 11.5 Å². The van der Waals surface area contributed by atoms with E-state index in [1.807, 2.05) is 0 Å². The van der Waals surface area contributed by atoms with Crippen molar-refractivity contribution in [1.29, 1.82) is 0 Å². The van der Waals surface area contributed by atoms with Gasteiger partial charge in [0.15, 0.2) is 0 Å². The summed E-state index contributed by atoms with van der Waals surface area (Å²) in [4.78, 5) is 0. The van der Waals surface area contributed by atoms with Crippen LogP contribution in [0.4, 0.5) is 0 Å². The molecule has 0 spiro atoms. The first-order chi connectivity index (χ1) is 9.31. The van der Waals surface area contributed by atoms with E-state index in [2.05, 4.69) is 39.5 Å². The molecule has 0 radical (unpaired) electrons. The van der Waals surface area contributed by atoms with Crippen LogP contribution in [0.3, 0.4) is 0 Å². The molecule has 0 fully saturated rings. The van der Waals surface area contributed by atoms with Crippen molar-refractivity contribution >= 4 is 0 Å². The molecule has 2 nitrogen and oxygen atoms in total. The molecule has 0 amide bonds. The van der Waals surface area contributed by atoms with Gasteiger partial charge in [0.1, 0.15) is 0 Å². The van der Waals surface area contributed by atoms with Crippen LogP contribution in [0, 0.1) is 0 Å². The fraction of sp³-hybridized carbons (Fsp3) is 0.333. The van der Waals surface area contributed by atoms with E-state index in [4.69, 9.17) is 11.5 Å². The summed E-state index contributed by atoms with van der Waals surface area (Å²) in [5.74, 6) is 0. The minimum atomic E-state index is -0.645. The van der Waals surface area contributed by atoms with Gasteiger partial charge in [0.2, 0.25) is 0 Å². The van der Waals surface area contributed by atoms with Crippen molar-refractivity contribution in [3.8, 4) is 0 Å². The van der Waals surface area contributed by atoms with E-state index in [9.17, 15) is 0 Å². The van der Waals surface area contributed by atoms with E-state index in [1.54, 1.807) is 24.3 Å². The first-order valence-corrected chi connectivity index (χ1v) is 6.71. The summed E-state index contributed by atoms with van der Waals surface area (Å²) in [5, 5.41) is 0. The highest BCUT2D eigenvalue weighted by atomic mass is 14.8. The molecule has 0 aromatic carbocycles. The number of hydrogen-bond donors (Lipinski definition) is 2. The van der Waals surface area contributed by atoms with E-state index in [-0.39, 0.29) is 0 Å². The third kappa shape index (κ3) is 4.19. The maximum absolute atomic E-state index is 6.44. The van der Waals surface area contributed by atoms with Crippen LogP contribution in [0.2, 0.25) is 0 Å². The molecule has 0 aromatic heterocycles. The summed E-state index contributed by atoms with van der Waals surface area (Å²) in [5.41, 5.74) is 13.1. The Bertz CT molecular complexity index is 355. The van der Waals surface area contributed by atoms with Crippen molar-refractivity contribution in [1.82, 2.24) is 0 Å². The third-order valence-corrected chi connectivity index (χ3v) is 3.60. The normalized spacial score (nSPS) is 11.5. The Hall–Kier alpha value is -1.64. The van der Waals surface area contributed by atoms with Gasteiger partial charge in [0, 0.05) is 11.1 Å². The van der Waals surface area contributed by atoms with Crippen LogP contribution in [0.25, 0.3) is 0 Å². The average molecular weight is 272 g/mol. The molecule has 2 heteroatoms. The van der Waals surface area contributed by atoms with E-state index in [0.717, 1.165) is 11.1 Å². The SMILES string of the molecule is C=CCC(N)(CC=C)C(=C)C(=C)C(N)(CC=C)CC=C. The summed E-state index contributed by atoms with van der Waals surface area (Å²) in [6.45, 7) is 23.3. The first kappa shape index (κ1) is 18.4. The van der Waals surface area contributed by atoms with Gasteiger partial charge >= 0.3 is 0 Å². The molecule has 0 aromatic rings. The van der Waals surface area contributed by atoms with Gasteiger partial charge in [-0.05, 0) is 36.8 Å². The van der Waals surface area contributed by atoms with Crippen LogP contribution >= 0.6 is 0 Å². The van der Waals surface area contributed by atoms with Crippen molar-refractivity contribution in [2.45, 2.75) is 36.8 Å². The highest BCUT2D eigenvalue weighted by Gasteiger charge is 2.35. The summed E-state index contributed by atoms with van der Waals surface area (Å²) in [6, 6.07) is 0. The van der Waals surface area contributed by atoms with Crippen molar-refractivity contribution < 1.29 is 0 Å². The minimum Gasteiger partial charge on any atom is -0.321 e. The van der Waals surface area contributed by atoms with Crippen LogP contribution in [-0.4, -0.2) is 11.1 Å². The lowest BCUT2D eigenvalue weighted by atomic mass is 9.73. The topological polar surface area (TPSA) is 52.0 Å². The average Bonchev–Trinajstić information content (AvgIpc) is 2.38. The Kier molecular flexibility index (Phi) is 7.19. The minimum absolute atomic E-state index is 0.592. The highest BCUT2D eigenvalue weighted by molar-refractivity contribution is 5.44. The van der Waals surface area contributed by atoms with Gasteiger partial charge in [0.05, 0.1) is 0 Å². The zero-order chi connectivity index (χ0) is 15.8. The summed E-state index contributed by atoms with van der Waals surface area (Å²) >= 11 is 0. The molecular weight excluding hydrogens is 244 g/mol. The molecule has 0 aliphatic rings. The molecule has 20 heavy (non-hydrogen) atoms. The van der Waals surface area contributed by atoms with Gasteiger partial charge in [-0.15, -0.1) is 26.3 Å². The Morgan fingerprint density at radius 1 is 0.650 bits per heavy atom.